The molecule has 2 aromatic rings. The first-order chi connectivity index (χ1) is 11.8. The quantitative estimate of drug-likeness (QED) is 0.857. The number of anilines is 1. The van der Waals surface area contributed by atoms with Crippen LogP contribution in [0.5, 0.6) is 0 Å². The topological polar surface area (TPSA) is 55.3 Å². The molecule has 1 saturated carbocycles. The second-order valence-corrected chi connectivity index (χ2v) is 6.43. The third-order valence-corrected chi connectivity index (χ3v) is 4.60. The molecule has 0 unspecified atom stereocenters. The molecule has 3 N–H and O–H groups in total. The van der Waals surface area contributed by atoms with Crippen LogP contribution in [0.4, 0.5) is 5.82 Å². The molecule has 1 aliphatic rings. The van der Waals surface area contributed by atoms with Gasteiger partial charge in [-0.05, 0) is 30.5 Å². The number of hydrogen-bond acceptors (Lipinski definition) is 2. The molecule has 4 heteroatoms. The van der Waals surface area contributed by atoms with Crippen LogP contribution in [-0.4, -0.2) is 18.5 Å². The molecule has 24 heavy (non-hydrogen) atoms. The van der Waals surface area contributed by atoms with Crippen LogP contribution < -0.4 is 15.6 Å². The summed E-state index contributed by atoms with van der Waals surface area (Å²) in [5, 5.41) is 6.55. The molecule has 1 heterocycles. The standard InChI is InChI=1S/C20H25N3O/c24-20(23-17-10-5-2-6-11-17)18-12-7-14-21-19(18)22-15-13-16-8-3-1-4-9-16/h1,3-4,7-9,12,14,17H,2,5-6,10-11,13,15H2,(H,21,22)(H,23,24)/p+1. The van der Waals surface area contributed by atoms with E-state index in [1.54, 1.807) is 0 Å². The number of nitrogens with one attached hydrogen (secondary N) is 3. The second-order valence-electron chi connectivity index (χ2n) is 6.43. The van der Waals surface area contributed by atoms with Gasteiger partial charge in [0.2, 0.25) is 0 Å². The summed E-state index contributed by atoms with van der Waals surface area (Å²) in [5.74, 6) is 0.808. The fourth-order valence-corrected chi connectivity index (χ4v) is 3.26. The Morgan fingerprint density at radius 1 is 1.04 bits per heavy atom. The van der Waals surface area contributed by atoms with Gasteiger partial charge in [-0.3, -0.25) is 10.1 Å². The molecular formula is C20H26N3O+. The summed E-state index contributed by atoms with van der Waals surface area (Å²) in [6.45, 7) is 0.786. The summed E-state index contributed by atoms with van der Waals surface area (Å²) in [4.78, 5) is 15.8. The Morgan fingerprint density at radius 2 is 1.83 bits per heavy atom. The van der Waals surface area contributed by atoms with Gasteiger partial charge in [0, 0.05) is 12.5 Å². The van der Waals surface area contributed by atoms with Gasteiger partial charge in [0.25, 0.3) is 11.7 Å². The van der Waals surface area contributed by atoms with Gasteiger partial charge in [-0.25, -0.2) is 4.98 Å². The van der Waals surface area contributed by atoms with E-state index >= 15 is 0 Å². The van der Waals surface area contributed by atoms with Crippen LogP contribution in [0.2, 0.25) is 0 Å². The summed E-state index contributed by atoms with van der Waals surface area (Å²) in [5.41, 5.74) is 1.98. The zero-order valence-corrected chi connectivity index (χ0v) is 14.1. The minimum absolute atomic E-state index is 0.0148. The van der Waals surface area contributed by atoms with Gasteiger partial charge in [-0.1, -0.05) is 49.6 Å². The number of carbonyl (C=O) groups excluding carboxylic acids is 1. The Bertz CT molecular complexity index is 651. The van der Waals surface area contributed by atoms with Crippen molar-refractivity contribution >= 4 is 11.7 Å². The number of rotatable bonds is 6. The van der Waals surface area contributed by atoms with Crippen LogP contribution in [0.3, 0.4) is 0 Å². The van der Waals surface area contributed by atoms with Crippen LogP contribution in [0.15, 0.2) is 48.7 Å². The van der Waals surface area contributed by atoms with E-state index in [4.69, 9.17) is 0 Å². The average Bonchev–Trinajstić information content (AvgIpc) is 2.64. The lowest BCUT2D eigenvalue weighted by molar-refractivity contribution is -0.361. The third kappa shape index (κ3) is 4.57. The number of carbonyl (C=O) groups is 1. The monoisotopic (exact) mass is 324 g/mol. The Kier molecular flexibility index (Phi) is 5.83. The van der Waals surface area contributed by atoms with Gasteiger partial charge < -0.3 is 5.32 Å². The fourth-order valence-electron chi connectivity index (χ4n) is 3.26. The number of amides is 1. The molecule has 1 aromatic carbocycles. The second kappa shape index (κ2) is 8.48. The summed E-state index contributed by atoms with van der Waals surface area (Å²) >= 11 is 0. The van der Waals surface area contributed by atoms with E-state index in [2.05, 4.69) is 27.8 Å². The molecule has 1 fully saturated rings. The molecule has 0 saturated heterocycles. The van der Waals surface area contributed by atoms with E-state index in [0.29, 0.717) is 11.6 Å². The summed E-state index contributed by atoms with van der Waals surface area (Å²) < 4.78 is 0. The molecule has 0 spiro atoms. The lowest BCUT2D eigenvalue weighted by Crippen LogP contribution is -2.37. The largest absolute Gasteiger partial charge is 0.349 e. The molecule has 126 valence electrons. The zero-order valence-electron chi connectivity index (χ0n) is 14.1. The Morgan fingerprint density at radius 3 is 2.62 bits per heavy atom. The lowest BCUT2D eigenvalue weighted by Gasteiger charge is -2.22. The van der Waals surface area contributed by atoms with Crippen molar-refractivity contribution in [2.45, 2.75) is 44.6 Å². The predicted molar refractivity (Wildman–Crippen MR) is 96.0 cm³/mol. The van der Waals surface area contributed by atoms with E-state index in [-0.39, 0.29) is 5.91 Å². The maximum Gasteiger partial charge on any atom is 0.285 e. The van der Waals surface area contributed by atoms with Crippen molar-refractivity contribution in [1.29, 1.82) is 0 Å². The van der Waals surface area contributed by atoms with Crippen LogP contribution >= 0.6 is 0 Å². The molecule has 0 aliphatic heterocycles. The maximum absolute atomic E-state index is 12.6. The molecule has 1 aromatic heterocycles. The van der Waals surface area contributed by atoms with Crippen molar-refractivity contribution in [2.75, 3.05) is 11.9 Å². The van der Waals surface area contributed by atoms with Gasteiger partial charge in [0.15, 0.2) is 0 Å². The van der Waals surface area contributed by atoms with Crippen LogP contribution in [0.25, 0.3) is 0 Å². The number of pyridine rings is 1. The summed E-state index contributed by atoms with van der Waals surface area (Å²) in [7, 11) is 0. The first-order valence-corrected chi connectivity index (χ1v) is 8.92. The van der Waals surface area contributed by atoms with Crippen molar-refractivity contribution in [3.8, 4) is 0 Å². The van der Waals surface area contributed by atoms with Crippen molar-refractivity contribution in [2.24, 2.45) is 0 Å². The van der Waals surface area contributed by atoms with E-state index in [1.807, 2.05) is 36.5 Å². The fraction of sp³-hybridized carbons (Fsp3) is 0.400. The Labute approximate surface area is 143 Å². The highest BCUT2D eigenvalue weighted by molar-refractivity contribution is 5.98. The van der Waals surface area contributed by atoms with E-state index in [0.717, 1.165) is 31.6 Å². The third-order valence-electron chi connectivity index (χ3n) is 4.60. The number of benzene rings is 1. The molecule has 0 atom stereocenters. The smallest absolute Gasteiger partial charge is 0.285 e. The lowest BCUT2D eigenvalue weighted by atomic mass is 9.95. The highest BCUT2D eigenvalue weighted by Crippen LogP contribution is 2.18. The normalized spacial score (nSPS) is 15.0. The van der Waals surface area contributed by atoms with E-state index in [9.17, 15) is 4.79 Å². The predicted octanol–water partition coefficient (Wildman–Crippen LogP) is 3.22. The number of hydrogen-bond donors (Lipinski definition) is 2. The summed E-state index contributed by atoms with van der Waals surface area (Å²) in [6.07, 6.45) is 8.69. The summed E-state index contributed by atoms with van der Waals surface area (Å²) in [6, 6.07) is 14.4. The van der Waals surface area contributed by atoms with Crippen molar-refractivity contribution in [1.82, 2.24) is 5.32 Å². The van der Waals surface area contributed by atoms with Crippen molar-refractivity contribution < 1.29 is 9.78 Å². The molecule has 3 rings (SSSR count). The van der Waals surface area contributed by atoms with Crippen LogP contribution in [0.1, 0.15) is 48.0 Å². The maximum atomic E-state index is 12.6. The number of aromatic nitrogens is 1. The highest BCUT2D eigenvalue weighted by Gasteiger charge is 2.21. The minimum atomic E-state index is 0.0148. The van der Waals surface area contributed by atoms with Gasteiger partial charge in [-0.15, -0.1) is 0 Å². The van der Waals surface area contributed by atoms with Gasteiger partial charge in [-0.2, -0.15) is 0 Å². The van der Waals surface area contributed by atoms with E-state index < -0.39 is 0 Å². The minimum Gasteiger partial charge on any atom is -0.349 e. The molecule has 1 amide bonds. The molecule has 4 nitrogen and oxygen atoms in total. The van der Waals surface area contributed by atoms with Crippen LogP contribution in [0, 0.1) is 0 Å². The zero-order chi connectivity index (χ0) is 16.6. The number of aromatic amines is 1. The molecular weight excluding hydrogens is 298 g/mol. The van der Waals surface area contributed by atoms with E-state index in [1.165, 1.54) is 24.8 Å². The Hall–Kier alpha value is -2.36. The van der Waals surface area contributed by atoms with Crippen molar-refractivity contribution in [3.05, 3.63) is 59.8 Å². The first-order valence-electron chi connectivity index (χ1n) is 8.92. The SMILES string of the molecule is O=C(NC1CCCCC1)c1ccc[nH+]c1NCCc1ccccc1. The highest BCUT2D eigenvalue weighted by atomic mass is 16.1. The first kappa shape index (κ1) is 16.5. The van der Waals surface area contributed by atoms with Crippen molar-refractivity contribution in [3.63, 3.8) is 0 Å². The number of H-pyrrole nitrogens is 1. The van der Waals surface area contributed by atoms with Gasteiger partial charge in [0.1, 0.15) is 5.56 Å². The van der Waals surface area contributed by atoms with Crippen LogP contribution in [-0.2, 0) is 6.42 Å². The van der Waals surface area contributed by atoms with Gasteiger partial charge in [0.05, 0.1) is 12.7 Å². The molecule has 0 bridgehead atoms. The molecule has 1 aliphatic carbocycles. The van der Waals surface area contributed by atoms with Gasteiger partial charge >= 0.3 is 0 Å². The Balaban J connectivity index is 1.58. The average molecular weight is 324 g/mol. The molecule has 0 radical (unpaired) electrons.